The number of carbonyl (C=O) groups excluding carboxylic acids is 3. The number of amides is 2. The lowest BCUT2D eigenvalue weighted by molar-refractivity contribution is -1.11. The molecule has 2 unspecified atom stereocenters. The third-order valence-corrected chi connectivity index (χ3v) is 6.63. The molecule has 2 heterocycles. The highest BCUT2D eigenvalue weighted by atomic mass is 19.4. The maximum atomic E-state index is 13.1. The van der Waals surface area contributed by atoms with Crippen LogP contribution in [0.3, 0.4) is 0 Å². The molecule has 212 valence electrons. The maximum absolute atomic E-state index is 13.1. The number of aromatic nitrogens is 2. The molecule has 1 saturated heterocycles. The minimum atomic E-state index is -5.19. The highest BCUT2D eigenvalue weighted by molar-refractivity contribution is 6.04. The summed E-state index contributed by atoms with van der Waals surface area (Å²) in [5.41, 5.74) is 7.86. The second-order valence-corrected chi connectivity index (χ2v) is 9.56. The molecule has 5 rings (SSSR count). The number of hydrogen-bond acceptors (Lipinski definition) is 6. The molecule has 13 heteroatoms. The lowest BCUT2D eigenvalue weighted by Gasteiger charge is -2.39. The van der Waals surface area contributed by atoms with Gasteiger partial charge in [0.05, 0.1) is 11.3 Å². The smallest absolute Gasteiger partial charge is 0.366 e. The molecule has 0 radical (unpaired) electrons. The predicted molar refractivity (Wildman–Crippen MR) is 140 cm³/mol. The summed E-state index contributed by atoms with van der Waals surface area (Å²) in [5.74, 6) is -3.53. The van der Waals surface area contributed by atoms with Crippen LogP contribution < -0.4 is 11.1 Å². The lowest BCUT2D eigenvalue weighted by Crippen LogP contribution is -2.61. The van der Waals surface area contributed by atoms with E-state index in [9.17, 15) is 27.6 Å². The van der Waals surface area contributed by atoms with E-state index in [1.54, 1.807) is 83.7 Å². The predicted octanol–water partition coefficient (Wildman–Crippen LogP) is 3.50. The number of ether oxygens (including phenoxy) is 1. The topological polar surface area (TPSA) is 126 Å². The molecule has 1 aliphatic heterocycles. The van der Waals surface area contributed by atoms with Gasteiger partial charge in [0, 0.05) is 22.8 Å². The molecule has 4 aromatic rings. The van der Waals surface area contributed by atoms with Crippen molar-refractivity contribution in [3.63, 3.8) is 0 Å². The van der Waals surface area contributed by atoms with Crippen LogP contribution in [-0.4, -0.2) is 64.2 Å². The van der Waals surface area contributed by atoms with Crippen molar-refractivity contribution >= 4 is 34.4 Å². The largest absolute Gasteiger partial charge is 0.497 e. The van der Waals surface area contributed by atoms with Gasteiger partial charge in [0.1, 0.15) is 25.2 Å². The molecule has 0 saturated carbocycles. The van der Waals surface area contributed by atoms with Crippen molar-refractivity contribution in [2.45, 2.75) is 18.8 Å². The number of anilines is 1. The Morgan fingerprint density at radius 3 is 2.46 bits per heavy atom. The molecule has 1 aliphatic rings. The maximum Gasteiger partial charge on any atom is 0.497 e. The van der Waals surface area contributed by atoms with E-state index in [-0.39, 0.29) is 26.2 Å². The summed E-state index contributed by atoms with van der Waals surface area (Å²) in [6, 6.07) is 20.3. The number of fused-ring (bicyclic) bond motifs is 1. The van der Waals surface area contributed by atoms with Gasteiger partial charge >= 0.3 is 12.1 Å². The zero-order valence-electron chi connectivity index (χ0n) is 21.5. The van der Waals surface area contributed by atoms with Crippen molar-refractivity contribution in [1.82, 2.24) is 9.78 Å². The van der Waals surface area contributed by atoms with Gasteiger partial charge in [0.25, 0.3) is 11.8 Å². The van der Waals surface area contributed by atoms with Crippen LogP contribution in [0.4, 0.5) is 18.9 Å². The van der Waals surface area contributed by atoms with Crippen LogP contribution in [0.2, 0.25) is 0 Å². The van der Waals surface area contributed by atoms with Crippen LogP contribution in [-0.2, 0) is 25.7 Å². The zero-order chi connectivity index (χ0) is 29.2. The number of hydroxylamine groups is 3. The third-order valence-electron chi connectivity index (χ3n) is 6.63. The molecule has 3 N–H and O–H groups in total. The van der Waals surface area contributed by atoms with Gasteiger partial charge in [-0.1, -0.05) is 42.5 Å². The summed E-state index contributed by atoms with van der Waals surface area (Å²) in [5, 5.41) is 7.86. The monoisotopic (exact) mass is 568 g/mol. The van der Waals surface area contributed by atoms with E-state index in [1.165, 1.54) is 0 Å². The summed E-state index contributed by atoms with van der Waals surface area (Å²) in [6.45, 7) is -0.553. The van der Waals surface area contributed by atoms with Crippen LogP contribution in [0.25, 0.3) is 16.6 Å². The molecule has 1 fully saturated rings. The quantitative estimate of drug-likeness (QED) is 0.329. The summed E-state index contributed by atoms with van der Waals surface area (Å²) >= 11 is 0. The van der Waals surface area contributed by atoms with Gasteiger partial charge in [-0.2, -0.15) is 18.3 Å². The minimum absolute atomic E-state index is 0.0646. The van der Waals surface area contributed by atoms with Crippen LogP contribution in [0.1, 0.15) is 15.9 Å². The highest BCUT2D eigenvalue weighted by Gasteiger charge is 2.50. The summed E-state index contributed by atoms with van der Waals surface area (Å²) in [4.78, 5) is 41.6. The number of nitrogens with one attached hydrogen (secondary N) is 1. The van der Waals surface area contributed by atoms with Crippen LogP contribution in [0, 0.1) is 0 Å². The number of hydrogen-bond donors (Lipinski definition) is 2. The van der Waals surface area contributed by atoms with E-state index < -0.39 is 34.7 Å². The van der Waals surface area contributed by atoms with E-state index in [0.29, 0.717) is 28.0 Å². The van der Waals surface area contributed by atoms with Gasteiger partial charge in [0.15, 0.2) is 12.6 Å². The Morgan fingerprint density at radius 2 is 1.78 bits per heavy atom. The lowest BCUT2D eigenvalue weighted by atomic mass is 10.1. The van der Waals surface area contributed by atoms with Crippen molar-refractivity contribution in [1.29, 1.82) is 0 Å². The number of rotatable bonds is 7. The fourth-order valence-corrected chi connectivity index (χ4v) is 4.67. The summed E-state index contributed by atoms with van der Waals surface area (Å²) < 4.78 is 45.7. The number of nitrogens with two attached hydrogens (primary N) is 1. The molecule has 0 bridgehead atoms. The Kier molecular flexibility index (Phi) is 7.47. The Labute approximate surface area is 231 Å². The van der Waals surface area contributed by atoms with E-state index >= 15 is 0 Å². The van der Waals surface area contributed by atoms with Gasteiger partial charge in [-0.15, -0.1) is 4.65 Å². The normalized spacial score (nSPS) is 19.0. The molecule has 1 aromatic heterocycles. The molecule has 10 nitrogen and oxygen atoms in total. The Morgan fingerprint density at radius 1 is 1.05 bits per heavy atom. The number of halogens is 3. The number of primary amides is 1. The highest BCUT2D eigenvalue weighted by Crippen LogP contribution is 2.27. The first-order chi connectivity index (χ1) is 19.5. The molecular weight excluding hydrogens is 543 g/mol. The number of alkyl halides is 3. The summed E-state index contributed by atoms with van der Waals surface area (Å²) in [6.07, 6.45) is -4.64. The molecule has 41 heavy (non-hydrogen) atoms. The fraction of sp³-hybridized carbons (Fsp3) is 0.214. The number of morpholine rings is 1. The van der Waals surface area contributed by atoms with Crippen molar-refractivity contribution in [3.05, 3.63) is 90.1 Å². The first-order valence-corrected chi connectivity index (χ1v) is 12.5. The Bertz CT molecular complexity index is 1590. The van der Waals surface area contributed by atoms with Gasteiger partial charge < -0.3 is 15.8 Å². The van der Waals surface area contributed by atoms with E-state index in [1.807, 2.05) is 0 Å². The number of carbonyl (C=O) groups is 3. The zero-order valence-corrected chi connectivity index (χ0v) is 21.5. The molecule has 2 atom stereocenters. The van der Waals surface area contributed by atoms with E-state index in [2.05, 4.69) is 10.4 Å². The van der Waals surface area contributed by atoms with Crippen molar-refractivity contribution in [3.8, 4) is 5.69 Å². The van der Waals surface area contributed by atoms with Crippen molar-refractivity contribution < 1.29 is 41.8 Å². The minimum Gasteiger partial charge on any atom is -0.366 e. The first-order valence-electron chi connectivity index (χ1n) is 12.5. The van der Waals surface area contributed by atoms with Gasteiger partial charge in [-0.05, 0) is 30.3 Å². The molecular formula is C28H25F3N5O5+. The van der Waals surface area contributed by atoms with Crippen LogP contribution in [0.15, 0.2) is 79.0 Å². The Balaban J connectivity index is 1.31. The van der Waals surface area contributed by atoms with Crippen LogP contribution >= 0.6 is 0 Å². The third kappa shape index (κ3) is 6.21. The Hall–Kier alpha value is -4.75. The first kappa shape index (κ1) is 27.8. The number of quaternary nitrogens is 1. The summed E-state index contributed by atoms with van der Waals surface area (Å²) in [7, 11) is 0. The average molecular weight is 569 g/mol. The molecule has 0 spiro atoms. The van der Waals surface area contributed by atoms with Crippen LogP contribution in [0.5, 0.6) is 0 Å². The SMILES string of the molecule is NC(=O)c1cccc2cn(-c3ccc(NC(=O)C4C[N+](Cc5ccccc5)(OC(=O)C(F)(F)F)CCO4)cc3)nc12. The second kappa shape index (κ2) is 11.0. The molecule has 3 aromatic carbocycles. The van der Waals surface area contributed by atoms with Crippen molar-refractivity contribution in [2.75, 3.05) is 25.0 Å². The van der Waals surface area contributed by atoms with E-state index in [4.69, 9.17) is 15.3 Å². The van der Waals surface area contributed by atoms with Crippen molar-refractivity contribution in [2.24, 2.45) is 5.73 Å². The molecule has 0 aliphatic carbocycles. The average Bonchev–Trinajstić information content (AvgIpc) is 3.38. The van der Waals surface area contributed by atoms with Gasteiger partial charge in [-0.3, -0.25) is 14.4 Å². The second-order valence-electron chi connectivity index (χ2n) is 9.56. The van der Waals surface area contributed by atoms with Gasteiger partial charge in [0.2, 0.25) is 0 Å². The van der Waals surface area contributed by atoms with E-state index in [0.717, 1.165) is 5.39 Å². The fourth-order valence-electron chi connectivity index (χ4n) is 4.67. The number of nitrogens with zero attached hydrogens (tertiary/aromatic N) is 3. The number of benzene rings is 3. The molecule has 2 amide bonds. The van der Waals surface area contributed by atoms with Gasteiger partial charge in [-0.25, -0.2) is 9.48 Å². The standard InChI is InChI=1S/C28H24F3N5O5/c29-28(30,31)27(39)41-36(16-18-5-2-1-3-6-18)13-14-40-23(17-36)26(38)33-20-9-11-21(12-10-20)35-15-19-7-4-8-22(25(32)37)24(19)34-35/h1-12,15,23H,13-14,16-17H2,(H2-,32,33,37,38)/p+1.